The molecule has 0 amide bonds. The van der Waals surface area contributed by atoms with Crippen molar-refractivity contribution in [1.29, 1.82) is 0 Å². The molecule has 1 aromatic heterocycles. The molecule has 21 heavy (non-hydrogen) atoms. The van der Waals surface area contributed by atoms with Crippen LogP contribution >= 0.6 is 0 Å². The Kier molecular flexibility index (Phi) is 3.20. The fraction of sp³-hybridized carbons (Fsp3) is 0.786. The average Bonchev–Trinajstić information content (AvgIpc) is 2.80. The molecule has 3 rings (SSSR count). The molecule has 116 valence electrons. The molecule has 0 saturated heterocycles. The Morgan fingerprint density at radius 1 is 1.19 bits per heavy atom. The molecule has 1 aromatic rings. The number of hydrogen-bond donors (Lipinski definition) is 2. The van der Waals surface area contributed by atoms with Gasteiger partial charge in [-0.2, -0.15) is 9.97 Å². The van der Waals surface area contributed by atoms with Crippen LogP contribution in [0.5, 0.6) is 12.0 Å². The first-order chi connectivity index (χ1) is 9.90. The van der Waals surface area contributed by atoms with Gasteiger partial charge in [-0.3, -0.25) is 5.43 Å². The van der Waals surface area contributed by atoms with Gasteiger partial charge in [0.1, 0.15) is 6.10 Å². The quantitative estimate of drug-likeness (QED) is 0.645. The maximum absolute atomic E-state index is 6.10. The first-order valence-corrected chi connectivity index (χ1v) is 7.34. The second-order valence-corrected chi connectivity index (χ2v) is 6.79. The summed E-state index contributed by atoms with van der Waals surface area (Å²) in [5, 5.41) is 0. The van der Waals surface area contributed by atoms with Gasteiger partial charge in [-0.15, -0.1) is 4.98 Å². The van der Waals surface area contributed by atoms with E-state index < -0.39 is 0 Å². The molecule has 0 radical (unpaired) electrons. The van der Waals surface area contributed by atoms with Crippen molar-refractivity contribution in [2.24, 2.45) is 22.6 Å². The van der Waals surface area contributed by atoms with E-state index in [4.69, 9.17) is 15.3 Å². The van der Waals surface area contributed by atoms with Gasteiger partial charge in [-0.25, -0.2) is 5.84 Å². The Balaban J connectivity index is 1.85. The summed E-state index contributed by atoms with van der Waals surface area (Å²) in [6.45, 7) is 6.99. The second kappa shape index (κ2) is 4.69. The zero-order valence-electron chi connectivity index (χ0n) is 13.0. The number of anilines is 1. The van der Waals surface area contributed by atoms with Crippen LogP contribution < -0.4 is 20.7 Å². The van der Waals surface area contributed by atoms with Crippen LogP contribution in [0.4, 0.5) is 5.95 Å². The van der Waals surface area contributed by atoms with Crippen LogP contribution in [0.2, 0.25) is 0 Å². The van der Waals surface area contributed by atoms with E-state index in [1.807, 2.05) is 0 Å². The molecule has 0 aliphatic heterocycles. The van der Waals surface area contributed by atoms with E-state index in [0.29, 0.717) is 5.92 Å². The van der Waals surface area contributed by atoms with Gasteiger partial charge in [0.2, 0.25) is 5.95 Å². The SMILES string of the molecule is COc1nc(NN)nc(OC2CC3CCC2(C)C3(C)C)n1. The van der Waals surface area contributed by atoms with E-state index in [1.54, 1.807) is 0 Å². The van der Waals surface area contributed by atoms with E-state index in [-0.39, 0.29) is 34.9 Å². The fourth-order valence-corrected chi connectivity index (χ4v) is 3.98. The third-order valence-electron chi connectivity index (χ3n) is 5.87. The van der Waals surface area contributed by atoms with E-state index >= 15 is 0 Å². The minimum Gasteiger partial charge on any atom is -0.467 e. The monoisotopic (exact) mass is 293 g/mol. The Hall–Kier alpha value is -1.63. The standard InChI is InChI=1S/C14H23N5O2/c1-13(2)8-5-6-14(13,3)9(7-8)21-12-17-10(19-15)16-11(18-12)20-4/h8-9H,5-7,15H2,1-4H3,(H,16,17,18,19). The third kappa shape index (κ3) is 2.02. The van der Waals surface area contributed by atoms with Gasteiger partial charge in [0, 0.05) is 5.41 Å². The van der Waals surface area contributed by atoms with Crippen LogP contribution in [0.3, 0.4) is 0 Å². The maximum atomic E-state index is 6.10. The molecule has 3 unspecified atom stereocenters. The zero-order valence-corrected chi connectivity index (χ0v) is 13.0. The molecule has 7 heteroatoms. The molecule has 1 heterocycles. The van der Waals surface area contributed by atoms with E-state index in [1.165, 1.54) is 20.0 Å². The molecule has 2 aliphatic carbocycles. The van der Waals surface area contributed by atoms with Crippen LogP contribution in [0.15, 0.2) is 0 Å². The number of nitrogens with zero attached hydrogens (tertiary/aromatic N) is 3. The summed E-state index contributed by atoms with van der Waals surface area (Å²) in [6, 6.07) is 0.463. The fourth-order valence-electron chi connectivity index (χ4n) is 3.98. The summed E-state index contributed by atoms with van der Waals surface area (Å²) in [5.41, 5.74) is 2.83. The topological polar surface area (TPSA) is 95.2 Å². The van der Waals surface area contributed by atoms with Gasteiger partial charge in [-0.1, -0.05) is 20.8 Å². The summed E-state index contributed by atoms with van der Waals surface area (Å²) in [7, 11) is 1.50. The lowest BCUT2D eigenvalue weighted by atomic mass is 9.70. The average molecular weight is 293 g/mol. The predicted octanol–water partition coefficient (Wildman–Crippen LogP) is 1.76. The summed E-state index contributed by atoms with van der Waals surface area (Å²) in [4.78, 5) is 12.3. The highest BCUT2D eigenvalue weighted by Gasteiger charge is 2.62. The zero-order chi connectivity index (χ0) is 15.3. The number of hydrogen-bond acceptors (Lipinski definition) is 7. The largest absolute Gasteiger partial charge is 0.467 e. The van der Waals surface area contributed by atoms with Crippen molar-refractivity contribution in [3.05, 3.63) is 0 Å². The van der Waals surface area contributed by atoms with Crippen LogP contribution in [-0.2, 0) is 0 Å². The Morgan fingerprint density at radius 2 is 1.90 bits per heavy atom. The number of nitrogen functional groups attached to an aromatic ring is 1. The first-order valence-electron chi connectivity index (χ1n) is 7.34. The van der Waals surface area contributed by atoms with Gasteiger partial charge < -0.3 is 9.47 Å². The Bertz CT molecular complexity index is 528. The first kappa shape index (κ1) is 14.3. The molecule has 3 N–H and O–H groups in total. The van der Waals surface area contributed by atoms with Crippen LogP contribution in [-0.4, -0.2) is 28.2 Å². The van der Waals surface area contributed by atoms with E-state index in [9.17, 15) is 0 Å². The minimum atomic E-state index is 0.115. The smallest absolute Gasteiger partial charge is 0.324 e. The lowest BCUT2D eigenvalue weighted by Gasteiger charge is -2.38. The number of aromatic nitrogens is 3. The van der Waals surface area contributed by atoms with Crippen molar-refractivity contribution in [3.8, 4) is 12.0 Å². The lowest BCUT2D eigenvalue weighted by Crippen LogP contribution is -2.39. The van der Waals surface area contributed by atoms with Gasteiger partial charge in [0.15, 0.2) is 0 Å². The van der Waals surface area contributed by atoms with Gasteiger partial charge in [0.25, 0.3) is 0 Å². The highest BCUT2D eigenvalue weighted by atomic mass is 16.5. The van der Waals surface area contributed by atoms with Crippen molar-refractivity contribution < 1.29 is 9.47 Å². The number of ether oxygens (including phenoxy) is 2. The van der Waals surface area contributed by atoms with E-state index in [0.717, 1.165) is 6.42 Å². The number of rotatable bonds is 4. The molecular weight excluding hydrogens is 270 g/mol. The number of nitrogens with two attached hydrogens (primary N) is 1. The molecule has 7 nitrogen and oxygen atoms in total. The normalized spacial score (nSPS) is 33.0. The van der Waals surface area contributed by atoms with Crippen molar-refractivity contribution in [2.45, 2.75) is 46.1 Å². The summed E-state index contributed by atoms with van der Waals surface area (Å²) in [6.07, 6.45) is 3.62. The lowest BCUT2D eigenvalue weighted by molar-refractivity contribution is 0.0237. The van der Waals surface area contributed by atoms with E-state index in [2.05, 4.69) is 41.1 Å². The molecule has 3 atom stereocenters. The number of fused-ring (bicyclic) bond motifs is 2. The number of methoxy groups -OCH3 is 1. The van der Waals surface area contributed by atoms with Crippen molar-refractivity contribution >= 4 is 5.95 Å². The van der Waals surface area contributed by atoms with Gasteiger partial charge >= 0.3 is 12.0 Å². The van der Waals surface area contributed by atoms with Crippen molar-refractivity contribution in [1.82, 2.24) is 15.0 Å². The summed E-state index contributed by atoms with van der Waals surface area (Å²) >= 11 is 0. The number of hydrazine groups is 1. The summed E-state index contributed by atoms with van der Waals surface area (Å²) < 4.78 is 11.1. The Labute approximate surface area is 124 Å². The van der Waals surface area contributed by atoms with Gasteiger partial charge in [0.05, 0.1) is 7.11 Å². The minimum absolute atomic E-state index is 0.115. The van der Waals surface area contributed by atoms with Gasteiger partial charge in [-0.05, 0) is 30.6 Å². The molecule has 0 aromatic carbocycles. The molecule has 2 aliphatic rings. The molecule has 0 spiro atoms. The van der Waals surface area contributed by atoms with Crippen LogP contribution in [0.25, 0.3) is 0 Å². The maximum Gasteiger partial charge on any atom is 0.324 e. The summed E-state index contributed by atoms with van der Waals surface area (Å²) in [5.74, 6) is 6.30. The second-order valence-electron chi connectivity index (χ2n) is 6.79. The van der Waals surface area contributed by atoms with Crippen molar-refractivity contribution in [3.63, 3.8) is 0 Å². The van der Waals surface area contributed by atoms with Crippen molar-refractivity contribution in [2.75, 3.05) is 12.5 Å². The van der Waals surface area contributed by atoms with Crippen LogP contribution in [0.1, 0.15) is 40.0 Å². The molecule has 2 fully saturated rings. The third-order valence-corrected chi connectivity index (χ3v) is 5.87. The predicted molar refractivity (Wildman–Crippen MR) is 77.8 cm³/mol. The molecular formula is C14H23N5O2. The highest BCUT2D eigenvalue weighted by molar-refractivity contribution is 5.25. The highest BCUT2D eigenvalue weighted by Crippen LogP contribution is 2.66. The molecule has 2 bridgehead atoms. The van der Waals surface area contributed by atoms with Crippen LogP contribution in [0, 0.1) is 16.7 Å². The molecule has 2 saturated carbocycles. The Morgan fingerprint density at radius 3 is 2.43 bits per heavy atom. The number of nitrogens with one attached hydrogen (secondary N) is 1.